The summed E-state index contributed by atoms with van der Waals surface area (Å²) in [6.45, 7) is 5.73. The number of nitrogens with two attached hydrogens (primary N) is 1. The maximum absolute atomic E-state index is 12.8. The Kier molecular flexibility index (Phi) is 6.75. The van der Waals surface area contributed by atoms with E-state index in [-0.39, 0.29) is 28.6 Å². The Balaban J connectivity index is 0.00000280. The smallest absolute Gasteiger partial charge is 0.261 e. The van der Waals surface area contributed by atoms with Crippen LogP contribution in [0, 0.1) is 12.3 Å². The van der Waals surface area contributed by atoms with E-state index >= 15 is 0 Å². The molecule has 0 spiro atoms. The van der Waals surface area contributed by atoms with E-state index in [1.165, 1.54) is 12.1 Å². The van der Waals surface area contributed by atoms with Crippen LogP contribution in [-0.2, 0) is 10.0 Å². The molecule has 8 heteroatoms. The summed E-state index contributed by atoms with van der Waals surface area (Å²) in [6.07, 6.45) is 0.849. The molecule has 28 heavy (non-hydrogen) atoms. The fraction of sp³-hybridized carbons (Fsp3) is 0.350. The lowest BCUT2D eigenvalue weighted by atomic mass is 9.90. The molecule has 1 saturated heterocycles. The van der Waals surface area contributed by atoms with Gasteiger partial charge >= 0.3 is 0 Å². The van der Waals surface area contributed by atoms with E-state index in [1.54, 1.807) is 29.2 Å². The highest BCUT2D eigenvalue weighted by Crippen LogP contribution is 2.29. The highest BCUT2D eigenvalue weighted by molar-refractivity contribution is 7.92. The molecule has 0 radical (unpaired) electrons. The molecular weight excluding hydrogens is 398 g/mol. The number of hydrogen-bond donors (Lipinski definition) is 2. The molecule has 152 valence electrons. The summed E-state index contributed by atoms with van der Waals surface area (Å²) in [6, 6.07) is 13.2. The number of hydrogen-bond acceptors (Lipinski definition) is 4. The van der Waals surface area contributed by atoms with Gasteiger partial charge in [-0.3, -0.25) is 9.52 Å². The molecule has 1 atom stereocenters. The van der Waals surface area contributed by atoms with Crippen LogP contribution in [0.3, 0.4) is 0 Å². The Morgan fingerprint density at radius 2 is 1.89 bits per heavy atom. The summed E-state index contributed by atoms with van der Waals surface area (Å²) in [5.41, 5.74) is 7.62. The highest BCUT2D eigenvalue weighted by Gasteiger charge is 2.35. The molecule has 1 heterocycles. The van der Waals surface area contributed by atoms with Gasteiger partial charge in [0, 0.05) is 24.3 Å². The zero-order valence-corrected chi connectivity index (χ0v) is 17.6. The van der Waals surface area contributed by atoms with E-state index in [0.717, 1.165) is 12.0 Å². The molecule has 1 unspecified atom stereocenters. The van der Waals surface area contributed by atoms with Crippen LogP contribution in [0.2, 0.25) is 0 Å². The summed E-state index contributed by atoms with van der Waals surface area (Å²) in [5.74, 6) is -0.167. The molecule has 0 saturated carbocycles. The summed E-state index contributed by atoms with van der Waals surface area (Å²) >= 11 is 0. The number of benzene rings is 2. The van der Waals surface area contributed by atoms with Crippen molar-refractivity contribution >= 4 is 34.0 Å². The Morgan fingerprint density at radius 3 is 2.50 bits per heavy atom. The predicted molar refractivity (Wildman–Crippen MR) is 113 cm³/mol. The third-order valence-electron chi connectivity index (χ3n) is 5.03. The number of aryl methyl sites for hydroxylation is 1. The lowest BCUT2D eigenvalue weighted by Gasteiger charge is -2.22. The normalized spacial score (nSPS) is 19.2. The number of carbonyl (C=O) groups excluding carboxylic acids is 1. The lowest BCUT2D eigenvalue weighted by Crippen LogP contribution is -2.34. The van der Waals surface area contributed by atoms with Crippen LogP contribution >= 0.6 is 12.4 Å². The highest BCUT2D eigenvalue weighted by atomic mass is 35.5. The number of anilines is 1. The van der Waals surface area contributed by atoms with Gasteiger partial charge in [0.05, 0.1) is 4.90 Å². The largest absolute Gasteiger partial charge is 0.338 e. The van der Waals surface area contributed by atoms with E-state index in [1.807, 2.05) is 19.1 Å². The number of halogens is 1. The first-order valence-electron chi connectivity index (χ1n) is 8.91. The first kappa shape index (κ1) is 22.2. The van der Waals surface area contributed by atoms with E-state index in [2.05, 4.69) is 11.6 Å². The quantitative estimate of drug-likeness (QED) is 0.773. The molecular formula is C20H26ClN3O3S. The second-order valence-corrected chi connectivity index (χ2v) is 9.17. The molecule has 3 N–H and O–H groups in total. The van der Waals surface area contributed by atoms with E-state index in [9.17, 15) is 13.2 Å². The lowest BCUT2D eigenvalue weighted by molar-refractivity contribution is 0.0776. The second-order valence-electron chi connectivity index (χ2n) is 7.49. The van der Waals surface area contributed by atoms with Gasteiger partial charge in [0.25, 0.3) is 15.9 Å². The van der Waals surface area contributed by atoms with E-state index < -0.39 is 10.0 Å². The average molecular weight is 424 g/mol. The molecule has 1 amide bonds. The monoisotopic (exact) mass is 423 g/mol. The van der Waals surface area contributed by atoms with Crippen molar-refractivity contribution in [2.24, 2.45) is 11.1 Å². The molecule has 1 aliphatic heterocycles. The second kappa shape index (κ2) is 8.51. The Bertz CT molecular complexity index is 947. The van der Waals surface area contributed by atoms with Crippen LogP contribution < -0.4 is 10.5 Å². The number of carbonyl (C=O) groups is 1. The minimum atomic E-state index is -3.77. The minimum Gasteiger partial charge on any atom is -0.338 e. The van der Waals surface area contributed by atoms with E-state index in [0.29, 0.717) is 30.9 Å². The number of nitrogens with one attached hydrogen (secondary N) is 1. The van der Waals surface area contributed by atoms with Gasteiger partial charge in [0.15, 0.2) is 0 Å². The molecule has 0 aromatic heterocycles. The standard InChI is InChI=1S/C20H25N3O3S.ClH/c1-15-6-8-17(9-7-15)22-27(25,26)18-5-3-4-16(12-18)19(24)23-11-10-20(2,13-21)14-23;/h3-9,12,22H,10-11,13-14,21H2,1-2H3;1H. The third kappa shape index (κ3) is 4.84. The molecule has 1 aliphatic rings. The number of nitrogens with zero attached hydrogens (tertiary/aromatic N) is 1. The van der Waals surface area contributed by atoms with Crippen molar-refractivity contribution in [1.29, 1.82) is 0 Å². The molecule has 1 fully saturated rings. The minimum absolute atomic E-state index is 0. The fourth-order valence-corrected chi connectivity index (χ4v) is 4.28. The summed E-state index contributed by atoms with van der Waals surface area (Å²) in [5, 5.41) is 0. The zero-order chi connectivity index (χ0) is 19.7. The van der Waals surface area contributed by atoms with Crippen molar-refractivity contribution in [1.82, 2.24) is 4.90 Å². The van der Waals surface area contributed by atoms with Crippen LogP contribution in [-0.4, -0.2) is 38.9 Å². The van der Waals surface area contributed by atoms with Gasteiger partial charge in [-0.25, -0.2) is 8.42 Å². The molecule has 0 bridgehead atoms. The molecule has 0 aliphatic carbocycles. The fourth-order valence-electron chi connectivity index (χ4n) is 3.18. The maximum atomic E-state index is 12.8. The molecule has 2 aromatic rings. The number of amides is 1. The van der Waals surface area contributed by atoms with Gasteiger partial charge in [-0.15, -0.1) is 12.4 Å². The number of likely N-dealkylation sites (tertiary alicyclic amines) is 1. The zero-order valence-electron chi connectivity index (χ0n) is 16.0. The van der Waals surface area contributed by atoms with Crippen LogP contribution in [0.4, 0.5) is 5.69 Å². The van der Waals surface area contributed by atoms with Crippen molar-refractivity contribution in [3.63, 3.8) is 0 Å². The van der Waals surface area contributed by atoms with Gasteiger partial charge in [-0.2, -0.15) is 0 Å². The van der Waals surface area contributed by atoms with Gasteiger partial charge in [0.2, 0.25) is 0 Å². The van der Waals surface area contributed by atoms with Crippen LogP contribution in [0.15, 0.2) is 53.4 Å². The van der Waals surface area contributed by atoms with Crippen molar-refractivity contribution in [3.05, 3.63) is 59.7 Å². The number of sulfonamides is 1. The summed E-state index contributed by atoms with van der Waals surface area (Å²) in [7, 11) is -3.77. The van der Waals surface area contributed by atoms with Gasteiger partial charge in [-0.1, -0.05) is 30.7 Å². The Morgan fingerprint density at radius 1 is 1.21 bits per heavy atom. The first-order chi connectivity index (χ1) is 12.7. The average Bonchev–Trinajstić information content (AvgIpc) is 3.06. The maximum Gasteiger partial charge on any atom is 0.261 e. The van der Waals surface area contributed by atoms with Crippen molar-refractivity contribution in [3.8, 4) is 0 Å². The molecule has 3 rings (SSSR count). The third-order valence-corrected chi connectivity index (χ3v) is 6.41. The predicted octanol–water partition coefficient (Wildman–Crippen LogP) is 3.03. The molecule has 6 nitrogen and oxygen atoms in total. The topological polar surface area (TPSA) is 92.5 Å². The molecule has 2 aromatic carbocycles. The van der Waals surface area contributed by atoms with Gasteiger partial charge < -0.3 is 10.6 Å². The number of rotatable bonds is 5. The van der Waals surface area contributed by atoms with Crippen LogP contribution in [0.25, 0.3) is 0 Å². The summed E-state index contributed by atoms with van der Waals surface area (Å²) < 4.78 is 27.9. The van der Waals surface area contributed by atoms with Crippen LogP contribution in [0.5, 0.6) is 0 Å². The SMILES string of the molecule is Cc1ccc(NS(=O)(=O)c2cccc(C(=O)N3CCC(C)(CN)C3)c2)cc1.Cl. The van der Waals surface area contributed by atoms with Crippen molar-refractivity contribution < 1.29 is 13.2 Å². The Labute approximate surface area is 172 Å². The van der Waals surface area contributed by atoms with Gasteiger partial charge in [-0.05, 0) is 55.6 Å². The van der Waals surface area contributed by atoms with Crippen molar-refractivity contribution in [2.75, 3.05) is 24.4 Å². The van der Waals surface area contributed by atoms with Crippen molar-refractivity contribution in [2.45, 2.75) is 25.2 Å². The van der Waals surface area contributed by atoms with E-state index in [4.69, 9.17) is 5.73 Å². The van der Waals surface area contributed by atoms with Crippen LogP contribution in [0.1, 0.15) is 29.3 Å². The summed E-state index contributed by atoms with van der Waals surface area (Å²) in [4.78, 5) is 14.6. The Hall–Kier alpha value is -2.09. The van der Waals surface area contributed by atoms with Gasteiger partial charge in [0.1, 0.15) is 0 Å². The first-order valence-corrected chi connectivity index (χ1v) is 10.4.